The number of likely N-dealkylation sites (N-methyl/N-ethyl adjacent to an activating group) is 1. The molecular weight excluding hydrogens is 154 g/mol. The molecule has 0 unspecified atom stereocenters. The fourth-order valence-electron chi connectivity index (χ4n) is 1.07. The van der Waals surface area contributed by atoms with Gasteiger partial charge in [-0.2, -0.15) is 0 Å². The minimum atomic E-state index is 0.0612. The number of nitrogens with zero attached hydrogens (tertiary/aromatic N) is 1. The molecule has 0 heterocycles. The number of carbonyl (C=O) groups is 1. The van der Waals surface area contributed by atoms with E-state index in [4.69, 9.17) is 5.11 Å². The highest BCUT2D eigenvalue weighted by molar-refractivity contribution is 5.76. The van der Waals surface area contributed by atoms with E-state index in [-0.39, 0.29) is 12.5 Å². The predicted molar refractivity (Wildman–Crippen MR) is 48.9 cm³/mol. The number of hydrogen-bond donors (Lipinski definition) is 1. The van der Waals surface area contributed by atoms with Gasteiger partial charge in [-0.3, -0.25) is 4.79 Å². The van der Waals surface area contributed by atoms with Crippen molar-refractivity contribution in [3.8, 4) is 0 Å². The van der Waals surface area contributed by atoms with E-state index in [1.165, 1.54) is 0 Å². The van der Waals surface area contributed by atoms with Gasteiger partial charge in [0.2, 0.25) is 5.91 Å². The first-order chi connectivity index (χ1) is 5.76. The van der Waals surface area contributed by atoms with Crippen LogP contribution in [0.1, 0.15) is 33.1 Å². The molecule has 12 heavy (non-hydrogen) atoms. The van der Waals surface area contributed by atoms with Crippen LogP contribution in [0.2, 0.25) is 0 Å². The van der Waals surface area contributed by atoms with Crippen LogP contribution in [0, 0.1) is 0 Å². The number of carbonyl (C=O) groups excluding carboxylic acids is 1. The molecule has 0 saturated carbocycles. The van der Waals surface area contributed by atoms with Gasteiger partial charge in [0, 0.05) is 19.5 Å². The Bertz CT molecular complexity index is 126. The number of aliphatic hydroxyl groups excluding tert-OH is 1. The zero-order chi connectivity index (χ0) is 9.40. The molecule has 0 aliphatic rings. The molecule has 3 nitrogen and oxygen atoms in total. The van der Waals surface area contributed by atoms with E-state index in [9.17, 15) is 4.79 Å². The Morgan fingerprint density at radius 3 is 2.50 bits per heavy atom. The van der Waals surface area contributed by atoms with Crippen LogP contribution in [0.5, 0.6) is 0 Å². The van der Waals surface area contributed by atoms with Gasteiger partial charge in [-0.15, -0.1) is 0 Å². The third-order valence-corrected chi connectivity index (χ3v) is 1.85. The second-order valence-corrected chi connectivity index (χ2v) is 2.80. The zero-order valence-corrected chi connectivity index (χ0v) is 8.05. The third-order valence-electron chi connectivity index (χ3n) is 1.85. The monoisotopic (exact) mass is 173 g/mol. The Labute approximate surface area is 74.4 Å². The molecule has 0 saturated heterocycles. The molecule has 0 aromatic heterocycles. The standard InChI is InChI=1S/C9H19NO2/c1-3-5-6-9(12)10(4-2)7-8-11/h11H,3-8H2,1-2H3. The van der Waals surface area contributed by atoms with Crippen LogP contribution >= 0.6 is 0 Å². The summed E-state index contributed by atoms with van der Waals surface area (Å²) in [5.41, 5.74) is 0. The second kappa shape index (κ2) is 7.10. The van der Waals surface area contributed by atoms with Crippen molar-refractivity contribution in [1.82, 2.24) is 4.90 Å². The molecule has 0 rings (SSSR count). The summed E-state index contributed by atoms with van der Waals surface area (Å²) in [7, 11) is 0. The van der Waals surface area contributed by atoms with Gasteiger partial charge in [0.1, 0.15) is 0 Å². The van der Waals surface area contributed by atoms with Gasteiger partial charge >= 0.3 is 0 Å². The van der Waals surface area contributed by atoms with Gasteiger partial charge < -0.3 is 10.0 Å². The van der Waals surface area contributed by atoms with E-state index in [0.29, 0.717) is 19.5 Å². The lowest BCUT2D eigenvalue weighted by molar-refractivity contribution is -0.131. The highest BCUT2D eigenvalue weighted by Gasteiger charge is 2.08. The van der Waals surface area contributed by atoms with Crippen LogP contribution in [-0.4, -0.2) is 35.6 Å². The maximum atomic E-state index is 11.3. The summed E-state index contributed by atoms with van der Waals surface area (Å²) >= 11 is 0. The number of unbranched alkanes of at least 4 members (excludes halogenated alkanes) is 1. The third kappa shape index (κ3) is 4.34. The molecule has 0 bridgehead atoms. The van der Waals surface area contributed by atoms with E-state index in [1.54, 1.807) is 4.90 Å². The Hall–Kier alpha value is -0.570. The molecule has 3 heteroatoms. The summed E-state index contributed by atoms with van der Waals surface area (Å²) in [6.07, 6.45) is 2.60. The molecule has 0 aromatic carbocycles. The molecule has 0 atom stereocenters. The Kier molecular flexibility index (Phi) is 6.76. The van der Waals surface area contributed by atoms with Crippen molar-refractivity contribution >= 4 is 5.91 Å². The maximum Gasteiger partial charge on any atom is 0.222 e. The average Bonchev–Trinajstić information content (AvgIpc) is 2.10. The Morgan fingerprint density at radius 1 is 1.42 bits per heavy atom. The van der Waals surface area contributed by atoms with Crippen LogP contribution in [0.15, 0.2) is 0 Å². The molecule has 0 aliphatic heterocycles. The van der Waals surface area contributed by atoms with Gasteiger partial charge in [-0.1, -0.05) is 13.3 Å². The van der Waals surface area contributed by atoms with E-state index in [0.717, 1.165) is 12.8 Å². The van der Waals surface area contributed by atoms with Gasteiger partial charge in [-0.25, -0.2) is 0 Å². The minimum absolute atomic E-state index is 0.0612. The Morgan fingerprint density at radius 2 is 2.08 bits per heavy atom. The van der Waals surface area contributed by atoms with E-state index < -0.39 is 0 Å². The number of amides is 1. The van der Waals surface area contributed by atoms with Gasteiger partial charge in [-0.05, 0) is 13.3 Å². The fourth-order valence-corrected chi connectivity index (χ4v) is 1.07. The summed E-state index contributed by atoms with van der Waals surface area (Å²) in [5, 5.41) is 8.65. The SMILES string of the molecule is CCCCC(=O)N(CC)CCO. The summed E-state index contributed by atoms with van der Waals surface area (Å²) in [4.78, 5) is 13.0. The topological polar surface area (TPSA) is 40.5 Å². The Balaban J connectivity index is 3.69. The lowest BCUT2D eigenvalue weighted by Crippen LogP contribution is -2.33. The first-order valence-electron chi connectivity index (χ1n) is 4.64. The van der Waals surface area contributed by atoms with Crippen molar-refractivity contribution in [3.63, 3.8) is 0 Å². The lowest BCUT2D eigenvalue weighted by atomic mass is 10.2. The van der Waals surface area contributed by atoms with E-state index in [1.807, 2.05) is 6.92 Å². The van der Waals surface area contributed by atoms with E-state index in [2.05, 4.69) is 6.92 Å². The highest BCUT2D eigenvalue weighted by Crippen LogP contribution is 1.99. The van der Waals surface area contributed by atoms with Gasteiger partial charge in [0.25, 0.3) is 0 Å². The van der Waals surface area contributed by atoms with Crippen LogP contribution in [0.25, 0.3) is 0 Å². The van der Waals surface area contributed by atoms with Crippen LogP contribution in [0.3, 0.4) is 0 Å². The second-order valence-electron chi connectivity index (χ2n) is 2.80. The molecule has 0 fully saturated rings. The molecule has 1 amide bonds. The lowest BCUT2D eigenvalue weighted by Gasteiger charge is -2.19. The van der Waals surface area contributed by atoms with Gasteiger partial charge in [0.15, 0.2) is 0 Å². The summed E-state index contributed by atoms with van der Waals surface area (Å²) in [5.74, 6) is 0.161. The van der Waals surface area contributed by atoms with Gasteiger partial charge in [0.05, 0.1) is 6.61 Å². The number of hydrogen-bond acceptors (Lipinski definition) is 2. The minimum Gasteiger partial charge on any atom is -0.395 e. The predicted octanol–water partition coefficient (Wildman–Crippen LogP) is 1.02. The van der Waals surface area contributed by atoms with Crippen LogP contribution in [-0.2, 0) is 4.79 Å². The van der Waals surface area contributed by atoms with Crippen molar-refractivity contribution in [3.05, 3.63) is 0 Å². The molecule has 0 aliphatic carbocycles. The summed E-state index contributed by atoms with van der Waals surface area (Å²) < 4.78 is 0. The van der Waals surface area contributed by atoms with Crippen molar-refractivity contribution in [2.45, 2.75) is 33.1 Å². The number of rotatable bonds is 6. The molecule has 1 N–H and O–H groups in total. The summed E-state index contributed by atoms with van der Waals surface area (Å²) in [6, 6.07) is 0. The molecule has 0 spiro atoms. The molecule has 0 aromatic rings. The largest absolute Gasteiger partial charge is 0.395 e. The smallest absolute Gasteiger partial charge is 0.222 e. The normalized spacial score (nSPS) is 9.92. The fraction of sp³-hybridized carbons (Fsp3) is 0.889. The van der Waals surface area contributed by atoms with Crippen LogP contribution < -0.4 is 0 Å². The molecular formula is C9H19NO2. The summed E-state index contributed by atoms with van der Waals surface area (Å²) in [6.45, 7) is 5.23. The first kappa shape index (κ1) is 11.4. The van der Waals surface area contributed by atoms with E-state index >= 15 is 0 Å². The van der Waals surface area contributed by atoms with Crippen molar-refractivity contribution < 1.29 is 9.90 Å². The van der Waals surface area contributed by atoms with Crippen LogP contribution in [0.4, 0.5) is 0 Å². The van der Waals surface area contributed by atoms with Crippen molar-refractivity contribution in [1.29, 1.82) is 0 Å². The zero-order valence-electron chi connectivity index (χ0n) is 8.05. The quantitative estimate of drug-likeness (QED) is 0.651. The molecule has 72 valence electrons. The number of aliphatic hydroxyl groups is 1. The highest BCUT2D eigenvalue weighted by atomic mass is 16.3. The first-order valence-corrected chi connectivity index (χ1v) is 4.64. The average molecular weight is 173 g/mol. The van der Waals surface area contributed by atoms with Crippen molar-refractivity contribution in [2.24, 2.45) is 0 Å². The molecule has 0 radical (unpaired) electrons. The maximum absolute atomic E-state index is 11.3. The van der Waals surface area contributed by atoms with Crippen molar-refractivity contribution in [2.75, 3.05) is 19.7 Å².